The molecule has 1 fully saturated rings. The molecule has 0 unspecified atom stereocenters. The Morgan fingerprint density at radius 1 is 1.57 bits per heavy atom. The van der Waals surface area contributed by atoms with Crippen molar-refractivity contribution >= 4 is 46.0 Å². The molecule has 0 spiro atoms. The molecule has 0 bridgehead atoms. The summed E-state index contributed by atoms with van der Waals surface area (Å²) in [5.74, 6) is -1.34. The molecular weight excluding hydrogens is 340 g/mol. The standard InChI is InChI=1S/C13H14N4O4S2/c1-5-3-22-11-8(10(19)17(11)9(5)12(20)21)16-7(18)2-6-4-23-13(14)15-6/h4,8,11H,2-3H2,1H3,(H2,14,15)(H,16,18)(H,20,21)/t8-,11-/m0/s1. The Bertz CT molecular complexity index is 729. The lowest BCUT2D eigenvalue weighted by Gasteiger charge is -2.49. The van der Waals surface area contributed by atoms with Crippen molar-refractivity contribution < 1.29 is 19.5 Å². The predicted octanol–water partition coefficient (Wildman–Crippen LogP) is 0.0263. The number of thiazole rings is 1. The first-order valence-electron chi connectivity index (χ1n) is 6.75. The van der Waals surface area contributed by atoms with Gasteiger partial charge in [0.25, 0.3) is 5.91 Å². The first kappa shape index (κ1) is 15.8. The van der Waals surface area contributed by atoms with E-state index >= 15 is 0 Å². The average Bonchev–Trinajstić information content (AvgIpc) is 2.89. The SMILES string of the molecule is CC1=C(C(=O)O)N2C(=O)[C@H](NC(=O)Cc3csc(N)n3)[C@@H]2SC1. The van der Waals surface area contributed by atoms with Crippen LogP contribution in [0.1, 0.15) is 12.6 Å². The van der Waals surface area contributed by atoms with E-state index in [0.717, 1.165) is 0 Å². The van der Waals surface area contributed by atoms with E-state index in [1.807, 2.05) is 0 Å². The van der Waals surface area contributed by atoms with Gasteiger partial charge in [0.2, 0.25) is 5.91 Å². The van der Waals surface area contributed by atoms with Crippen LogP contribution < -0.4 is 11.1 Å². The molecule has 0 aromatic carbocycles. The van der Waals surface area contributed by atoms with Crippen molar-refractivity contribution in [2.24, 2.45) is 0 Å². The third kappa shape index (κ3) is 2.79. The van der Waals surface area contributed by atoms with Crippen LogP contribution in [0.5, 0.6) is 0 Å². The van der Waals surface area contributed by atoms with Gasteiger partial charge in [0.1, 0.15) is 17.1 Å². The second-order valence-corrected chi connectivity index (χ2v) is 7.24. The molecule has 4 N–H and O–H groups in total. The molecule has 1 saturated heterocycles. The summed E-state index contributed by atoms with van der Waals surface area (Å²) in [5.41, 5.74) is 6.73. The average molecular weight is 354 g/mol. The van der Waals surface area contributed by atoms with Crippen molar-refractivity contribution in [1.82, 2.24) is 15.2 Å². The number of carbonyl (C=O) groups is 3. The Morgan fingerprint density at radius 2 is 2.30 bits per heavy atom. The van der Waals surface area contributed by atoms with Crippen LogP contribution >= 0.6 is 23.1 Å². The molecule has 2 atom stereocenters. The third-order valence-electron chi connectivity index (χ3n) is 3.59. The van der Waals surface area contributed by atoms with E-state index in [1.54, 1.807) is 12.3 Å². The van der Waals surface area contributed by atoms with E-state index < -0.39 is 17.9 Å². The van der Waals surface area contributed by atoms with Crippen LogP contribution in [0.4, 0.5) is 5.13 Å². The molecule has 2 aliphatic rings. The van der Waals surface area contributed by atoms with Gasteiger partial charge in [-0.25, -0.2) is 9.78 Å². The number of thioether (sulfide) groups is 1. The number of carboxylic acids is 1. The smallest absolute Gasteiger partial charge is 0.352 e. The number of carbonyl (C=O) groups excluding carboxylic acids is 2. The summed E-state index contributed by atoms with van der Waals surface area (Å²) in [6.45, 7) is 1.69. The number of hydrogen-bond acceptors (Lipinski definition) is 7. The monoisotopic (exact) mass is 354 g/mol. The number of β-lactam (4-membered cyclic amide) rings is 1. The summed E-state index contributed by atoms with van der Waals surface area (Å²) >= 11 is 2.69. The summed E-state index contributed by atoms with van der Waals surface area (Å²) in [6.07, 6.45) is 0.0372. The first-order valence-corrected chi connectivity index (χ1v) is 8.68. The molecule has 1 aromatic rings. The van der Waals surface area contributed by atoms with E-state index in [1.165, 1.54) is 28.0 Å². The van der Waals surface area contributed by atoms with E-state index in [4.69, 9.17) is 5.73 Å². The number of fused-ring (bicyclic) bond motifs is 1. The fraction of sp³-hybridized carbons (Fsp3) is 0.385. The highest BCUT2D eigenvalue weighted by molar-refractivity contribution is 8.00. The lowest BCUT2D eigenvalue weighted by atomic mass is 10.0. The Hall–Kier alpha value is -2.07. The summed E-state index contributed by atoms with van der Waals surface area (Å²) in [5, 5.41) is 13.6. The third-order valence-corrected chi connectivity index (χ3v) is 5.74. The Balaban J connectivity index is 1.66. The zero-order valence-corrected chi connectivity index (χ0v) is 13.7. The van der Waals surface area contributed by atoms with Crippen LogP contribution in [0.25, 0.3) is 0 Å². The number of aromatic nitrogens is 1. The van der Waals surface area contributed by atoms with Crippen molar-refractivity contribution in [3.05, 3.63) is 22.3 Å². The Labute approximate surface area is 139 Å². The van der Waals surface area contributed by atoms with Gasteiger partial charge in [-0.15, -0.1) is 23.1 Å². The number of nitrogen functional groups attached to an aromatic ring is 1. The van der Waals surface area contributed by atoms with E-state index in [9.17, 15) is 19.5 Å². The molecule has 2 aliphatic heterocycles. The molecule has 1 aromatic heterocycles. The second-order valence-electron chi connectivity index (χ2n) is 5.24. The fourth-order valence-corrected chi connectivity index (χ4v) is 4.42. The van der Waals surface area contributed by atoms with Crippen molar-refractivity contribution in [3.8, 4) is 0 Å². The second kappa shape index (κ2) is 5.85. The van der Waals surface area contributed by atoms with Crippen molar-refractivity contribution in [1.29, 1.82) is 0 Å². The molecule has 3 rings (SSSR count). The number of hydrogen-bond donors (Lipinski definition) is 3. The van der Waals surface area contributed by atoms with Gasteiger partial charge in [0.05, 0.1) is 12.1 Å². The lowest BCUT2D eigenvalue weighted by Crippen LogP contribution is -2.70. The van der Waals surface area contributed by atoms with Crippen LogP contribution in [0, 0.1) is 0 Å². The van der Waals surface area contributed by atoms with Gasteiger partial charge in [-0.3, -0.25) is 14.5 Å². The number of aliphatic carboxylic acids is 1. The Kier molecular flexibility index (Phi) is 4.02. The minimum Gasteiger partial charge on any atom is -0.477 e. The predicted molar refractivity (Wildman–Crippen MR) is 85.6 cm³/mol. The van der Waals surface area contributed by atoms with E-state index in [2.05, 4.69) is 10.3 Å². The summed E-state index contributed by atoms with van der Waals surface area (Å²) < 4.78 is 0. The summed E-state index contributed by atoms with van der Waals surface area (Å²) in [7, 11) is 0. The van der Waals surface area contributed by atoms with Crippen molar-refractivity contribution in [2.75, 3.05) is 11.5 Å². The van der Waals surface area contributed by atoms with Gasteiger partial charge < -0.3 is 16.2 Å². The highest BCUT2D eigenvalue weighted by Gasteiger charge is 2.53. The van der Waals surface area contributed by atoms with Gasteiger partial charge in [0, 0.05) is 11.1 Å². The lowest BCUT2D eigenvalue weighted by molar-refractivity contribution is -0.150. The normalized spacial score (nSPS) is 23.3. The molecule has 10 heteroatoms. The molecule has 0 aliphatic carbocycles. The van der Waals surface area contributed by atoms with Gasteiger partial charge in [-0.1, -0.05) is 0 Å². The van der Waals surface area contributed by atoms with Crippen LogP contribution in [0.3, 0.4) is 0 Å². The van der Waals surface area contributed by atoms with Gasteiger partial charge in [0.15, 0.2) is 5.13 Å². The number of nitrogens with zero attached hydrogens (tertiary/aromatic N) is 2. The number of rotatable bonds is 4. The zero-order valence-electron chi connectivity index (χ0n) is 12.1. The Morgan fingerprint density at radius 3 is 2.91 bits per heavy atom. The van der Waals surface area contributed by atoms with Gasteiger partial charge >= 0.3 is 5.97 Å². The molecule has 23 heavy (non-hydrogen) atoms. The van der Waals surface area contributed by atoms with Gasteiger partial charge in [-0.2, -0.15) is 0 Å². The quantitative estimate of drug-likeness (QED) is 0.651. The molecule has 3 heterocycles. The van der Waals surface area contributed by atoms with Crippen LogP contribution in [-0.4, -0.2) is 49.9 Å². The molecule has 8 nitrogen and oxygen atoms in total. The van der Waals surface area contributed by atoms with E-state index in [0.29, 0.717) is 22.2 Å². The maximum atomic E-state index is 12.2. The van der Waals surface area contributed by atoms with Crippen molar-refractivity contribution in [2.45, 2.75) is 24.8 Å². The van der Waals surface area contributed by atoms with Crippen LogP contribution in [0.2, 0.25) is 0 Å². The van der Waals surface area contributed by atoms with Gasteiger partial charge in [-0.05, 0) is 12.5 Å². The number of nitrogens with two attached hydrogens (primary N) is 1. The van der Waals surface area contributed by atoms with E-state index in [-0.39, 0.29) is 23.4 Å². The molecule has 122 valence electrons. The number of anilines is 1. The molecule has 2 amide bonds. The first-order chi connectivity index (χ1) is 10.9. The summed E-state index contributed by atoms with van der Waals surface area (Å²) in [6, 6.07) is -0.703. The highest BCUT2D eigenvalue weighted by Crippen LogP contribution is 2.40. The number of amides is 2. The van der Waals surface area contributed by atoms with Crippen LogP contribution in [0.15, 0.2) is 16.7 Å². The minimum absolute atomic E-state index is 0.0246. The molecule has 0 radical (unpaired) electrons. The van der Waals surface area contributed by atoms with Crippen molar-refractivity contribution in [3.63, 3.8) is 0 Å². The topological polar surface area (TPSA) is 126 Å². The summed E-state index contributed by atoms with van der Waals surface area (Å²) in [4.78, 5) is 40.8. The number of nitrogens with one attached hydrogen (secondary N) is 1. The van der Waals surface area contributed by atoms with Crippen LogP contribution in [-0.2, 0) is 20.8 Å². The molecule has 0 saturated carbocycles. The number of carboxylic acid groups (broad SMARTS) is 1. The zero-order chi connectivity index (χ0) is 16.7. The largest absolute Gasteiger partial charge is 0.477 e. The fourth-order valence-electron chi connectivity index (χ4n) is 2.57. The molecular formula is C13H14N4O4S2. The highest BCUT2D eigenvalue weighted by atomic mass is 32.2. The maximum absolute atomic E-state index is 12.2. The maximum Gasteiger partial charge on any atom is 0.352 e. The minimum atomic E-state index is -1.12.